The SMILES string of the molecule is CC(CCCC(=O)N1CCCC1)NC1CC(C#N)C1.O=CN1CCCC12CC2.c1ccccc1. The van der Waals surface area contributed by atoms with Crippen molar-refractivity contribution in [2.24, 2.45) is 5.92 Å². The molecule has 5 rings (SSSR count). The number of hydrogen-bond acceptors (Lipinski definition) is 4. The molecular formula is C28H42N4O2. The highest BCUT2D eigenvalue weighted by Gasteiger charge is 2.50. The zero-order valence-electron chi connectivity index (χ0n) is 20.8. The molecule has 6 heteroatoms. The average molecular weight is 467 g/mol. The summed E-state index contributed by atoms with van der Waals surface area (Å²) < 4.78 is 0. The van der Waals surface area contributed by atoms with Gasteiger partial charge in [-0.1, -0.05) is 36.4 Å². The van der Waals surface area contributed by atoms with Crippen LogP contribution in [0, 0.1) is 17.2 Å². The van der Waals surface area contributed by atoms with Crippen molar-refractivity contribution < 1.29 is 9.59 Å². The van der Waals surface area contributed by atoms with Gasteiger partial charge in [0, 0.05) is 49.6 Å². The predicted octanol–water partition coefficient (Wildman–Crippen LogP) is 4.52. The van der Waals surface area contributed by atoms with Crippen LogP contribution in [0.25, 0.3) is 0 Å². The average Bonchev–Trinajstić information content (AvgIpc) is 3.23. The monoisotopic (exact) mass is 466 g/mol. The van der Waals surface area contributed by atoms with E-state index in [1.165, 1.54) is 38.5 Å². The van der Waals surface area contributed by atoms with Gasteiger partial charge in [-0.05, 0) is 71.1 Å². The van der Waals surface area contributed by atoms with Crippen LogP contribution in [0.4, 0.5) is 0 Å². The van der Waals surface area contributed by atoms with Crippen LogP contribution in [0.5, 0.6) is 0 Å². The number of amides is 2. The minimum Gasteiger partial charge on any atom is -0.343 e. The molecule has 0 radical (unpaired) electrons. The number of nitrogens with one attached hydrogen (secondary N) is 1. The van der Waals surface area contributed by atoms with Gasteiger partial charge in [-0.3, -0.25) is 9.59 Å². The summed E-state index contributed by atoms with van der Waals surface area (Å²) in [5, 5.41) is 12.3. The van der Waals surface area contributed by atoms with E-state index in [9.17, 15) is 9.59 Å². The Bertz CT molecular complexity index is 751. The highest BCUT2D eigenvalue weighted by atomic mass is 16.2. The van der Waals surface area contributed by atoms with Crippen molar-refractivity contribution >= 4 is 12.3 Å². The molecule has 2 heterocycles. The number of hydrogen-bond donors (Lipinski definition) is 1. The second-order valence-corrected chi connectivity index (χ2v) is 10.3. The number of benzene rings is 1. The van der Waals surface area contributed by atoms with Crippen molar-refractivity contribution in [3.8, 4) is 6.07 Å². The number of nitrogens with zero attached hydrogens (tertiary/aromatic N) is 3. The number of nitriles is 1. The lowest BCUT2D eigenvalue weighted by atomic mass is 9.81. The predicted molar refractivity (Wildman–Crippen MR) is 135 cm³/mol. The van der Waals surface area contributed by atoms with E-state index in [4.69, 9.17) is 5.26 Å². The smallest absolute Gasteiger partial charge is 0.222 e. The van der Waals surface area contributed by atoms with E-state index in [2.05, 4.69) is 18.3 Å². The van der Waals surface area contributed by atoms with Crippen molar-refractivity contribution in [1.82, 2.24) is 15.1 Å². The van der Waals surface area contributed by atoms with Gasteiger partial charge in [0.05, 0.1) is 6.07 Å². The van der Waals surface area contributed by atoms with E-state index < -0.39 is 0 Å². The fourth-order valence-corrected chi connectivity index (χ4v) is 5.22. The van der Waals surface area contributed by atoms with Crippen LogP contribution in [0.15, 0.2) is 36.4 Å². The molecule has 34 heavy (non-hydrogen) atoms. The highest BCUT2D eigenvalue weighted by Crippen LogP contribution is 2.48. The van der Waals surface area contributed by atoms with Crippen molar-refractivity contribution in [3.05, 3.63) is 36.4 Å². The minimum absolute atomic E-state index is 0.265. The third-order valence-corrected chi connectivity index (χ3v) is 7.60. The zero-order chi connectivity index (χ0) is 24.2. The molecule has 4 fully saturated rings. The van der Waals surface area contributed by atoms with Gasteiger partial charge in [-0.2, -0.15) is 5.26 Å². The van der Waals surface area contributed by atoms with Gasteiger partial charge >= 0.3 is 0 Å². The Kier molecular flexibility index (Phi) is 10.4. The summed E-state index contributed by atoms with van der Waals surface area (Å²) in [6.45, 7) is 5.11. The van der Waals surface area contributed by atoms with Gasteiger partial charge in [0.1, 0.15) is 0 Å². The Labute approximate surface area is 205 Å². The van der Waals surface area contributed by atoms with Crippen molar-refractivity contribution in [1.29, 1.82) is 5.26 Å². The number of rotatable bonds is 7. The fraction of sp³-hybridized carbons (Fsp3) is 0.679. The van der Waals surface area contributed by atoms with Crippen molar-refractivity contribution in [3.63, 3.8) is 0 Å². The molecule has 2 saturated carbocycles. The van der Waals surface area contributed by atoms with Crippen LogP contribution in [-0.4, -0.2) is 59.4 Å². The molecule has 2 aliphatic carbocycles. The fourth-order valence-electron chi connectivity index (χ4n) is 5.22. The van der Waals surface area contributed by atoms with Crippen LogP contribution in [0.1, 0.15) is 77.6 Å². The van der Waals surface area contributed by atoms with Gasteiger partial charge in [0.25, 0.3) is 0 Å². The normalized spacial score (nSPS) is 24.6. The quantitative estimate of drug-likeness (QED) is 0.600. The summed E-state index contributed by atoms with van der Waals surface area (Å²) in [7, 11) is 0. The Morgan fingerprint density at radius 1 is 1.06 bits per heavy atom. The molecule has 0 bridgehead atoms. The van der Waals surface area contributed by atoms with Gasteiger partial charge in [0.2, 0.25) is 12.3 Å². The molecular weight excluding hydrogens is 424 g/mol. The molecule has 1 unspecified atom stereocenters. The van der Waals surface area contributed by atoms with E-state index in [0.717, 1.165) is 51.7 Å². The Hall–Kier alpha value is -2.39. The van der Waals surface area contributed by atoms with Gasteiger partial charge in [-0.15, -0.1) is 0 Å². The molecule has 1 atom stereocenters. The lowest BCUT2D eigenvalue weighted by Gasteiger charge is -2.34. The summed E-state index contributed by atoms with van der Waals surface area (Å²) in [5.41, 5.74) is 0.377. The summed E-state index contributed by atoms with van der Waals surface area (Å²) in [5.74, 6) is 0.597. The number of likely N-dealkylation sites (tertiary alicyclic amines) is 2. The van der Waals surface area contributed by atoms with E-state index >= 15 is 0 Å². The van der Waals surface area contributed by atoms with Gasteiger partial charge in [-0.25, -0.2) is 0 Å². The van der Waals surface area contributed by atoms with Crippen LogP contribution in [0.2, 0.25) is 0 Å². The zero-order valence-corrected chi connectivity index (χ0v) is 20.8. The second kappa shape index (κ2) is 13.5. The Morgan fingerprint density at radius 3 is 2.18 bits per heavy atom. The lowest BCUT2D eigenvalue weighted by Crippen LogP contribution is -2.45. The topological polar surface area (TPSA) is 76.4 Å². The second-order valence-electron chi connectivity index (χ2n) is 10.3. The van der Waals surface area contributed by atoms with Crippen molar-refractivity contribution in [2.45, 2.75) is 95.2 Å². The Morgan fingerprint density at radius 2 is 1.68 bits per heavy atom. The maximum Gasteiger partial charge on any atom is 0.222 e. The highest BCUT2D eigenvalue weighted by molar-refractivity contribution is 5.76. The molecule has 2 amide bonds. The molecule has 1 N–H and O–H groups in total. The van der Waals surface area contributed by atoms with Crippen LogP contribution < -0.4 is 5.32 Å². The molecule has 6 nitrogen and oxygen atoms in total. The molecule has 2 saturated heterocycles. The first kappa shape index (κ1) is 26.2. The minimum atomic E-state index is 0.265. The summed E-state index contributed by atoms with van der Waals surface area (Å²) in [6.07, 6.45) is 13.0. The van der Waals surface area contributed by atoms with E-state index in [0.29, 0.717) is 30.0 Å². The van der Waals surface area contributed by atoms with Crippen LogP contribution in [0.3, 0.4) is 0 Å². The summed E-state index contributed by atoms with van der Waals surface area (Å²) >= 11 is 0. The molecule has 186 valence electrons. The molecule has 1 aromatic carbocycles. The third-order valence-electron chi connectivity index (χ3n) is 7.60. The standard InChI is InChI=1S/C15H25N3O.C7H11NO.C6H6/c1-12(17-14-9-13(10-14)11-16)5-4-6-15(19)18-7-2-3-8-18;9-6-8-5-1-2-7(8)3-4-7;1-2-4-6-5-3-1/h12-14,17H,2-10H2,1H3;6H,1-5H2;1-6H. The molecule has 4 aliphatic rings. The van der Waals surface area contributed by atoms with E-state index in [1.807, 2.05) is 46.2 Å². The maximum atomic E-state index is 11.9. The largest absolute Gasteiger partial charge is 0.343 e. The summed E-state index contributed by atoms with van der Waals surface area (Å²) in [4.78, 5) is 26.2. The van der Waals surface area contributed by atoms with Crippen LogP contribution in [-0.2, 0) is 9.59 Å². The molecule has 1 aromatic rings. The molecule has 0 aromatic heterocycles. The number of carbonyl (C=O) groups is 2. The molecule has 1 spiro atoms. The first-order valence-corrected chi connectivity index (χ1v) is 13.2. The molecule has 2 aliphatic heterocycles. The lowest BCUT2D eigenvalue weighted by molar-refractivity contribution is -0.130. The van der Waals surface area contributed by atoms with Gasteiger partial charge in [0.15, 0.2) is 0 Å². The van der Waals surface area contributed by atoms with Crippen LogP contribution >= 0.6 is 0 Å². The first-order valence-electron chi connectivity index (χ1n) is 13.2. The Balaban J connectivity index is 0.000000175. The first-order chi connectivity index (χ1) is 16.6. The van der Waals surface area contributed by atoms with Crippen molar-refractivity contribution in [2.75, 3.05) is 19.6 Å². The van der Waals surface area contributed by atoms with Gasteiger partial charge < -0.3 is 15.1 Å². The van der Waals surface area contributed by atoms with E-state index in [-0.39, 0.29) is 5.92 Å². The third kappa shape index (κ3) is 8.13. The maximum absolute atomic E-state index is 11.9. The number of carbonyl (C=O) groups excluding carboxylic acids is 2. The van der Waals surface area contributed by atoms with E-state index in [1.54, 1.807) is 0 Å². The summed E-state index contributed by atoms with van der Waals surface area (Å²) in [6, 6.07) is 15.3.